The van der Waals surface area contributed by atoms with Crippen LogP contribution in [0.25, 0.3) is 0 Å². The van der Waals surface area contributed by atoms with E-state index >= 15 is 0 Å². The molecular weight excluding hydrogens is 244 g/mol. The fourth-order valence-electron chi connectivity index (χ4n) is 1.60. The number of nitrogens with zero attached hydrogens (tertiary/aromatic N) is 2. The van der Waals surface area contributed by atoms with E-state index in [4.69, 9.17) is 11.0 Å². The molecule has 0 unspecified atom stereocenters. The van der Waals surface area contributed by atoms with Gasteiger partial charge < -0.3 is 11.1 Å². The predicted molar refractivity (Wildman–Crippen MR) is 71.9 cm³/mol. The number of nitrogens with one attached hydrogen (secondary N) is 1. The van der Waals surface area contributed by atoms with Gasteiger partial charge in [0, 0.05) is 17.8 Å². The number of hydrogen-bond donors (Lipinski definition) is 2. The largest absolute Gasteiger partial charge is 0.397 e. The van der Waals surface area contributed by atoms with E-state index in [9.17, 15) is 10.1 Å². The van der Waals surface area contributed by atoms with Gasteiger partial charge in [0.2, 0.25) is 0 Å². The summed E-state index contributed by atoms with van der Waals surface area (Å²) in [6.45, 7) is 0. The molecule has 2 aromatic carbocycles. The molecule has 0 amide bonds. The number of nitrogen functional groups attached to an aromatic ring is 1. The third kappa shape index (κ3) is 2.79. The number of benzene rings is 2. The van der Waals surface area contributed by atoms with Crippen molar-refractivity contribution in [2.45, 2.75) is 0 Å². The third-order valence-corrected chi connectivity index (χ3v) is 2.52. The molecule has 2 aromatic rings. The van der Waals surface area contributed by atoms with Crippen molar-refractivity contribution in [1.29, 1.82) is 5.26 Å². The summed E-state index contributed by atoms with van der Waals surface area (Å²) in [5.41, 5.74) is 7.73. The summed E-state index contributed by atoms with van der Waals surface area (Å²) < 4.78 is 0. The minimum atomic E-state index is -0.504. The first kappa shape index (κ1) is 12.4. The maximum Gasteiger partial charge on any atom is 0.271 e. The Kier molecular flexibility index (Phi) is 3.30. The maximum absolute atomic E-state index is 10.6. The van der Waals surface area contributed by atoms with Crippen LogP contribution in [-0.2, 0) is 0 Å². The lowest BCUT2D eigenvalue weighted by atomic mass is 10.2. The van der Waals surface area contributed by atoms with Crippen molar-refractivity contribution in [3.05, 3.63) is 58.1 Å². The maximum atomic E-state index is 10.6. The van der Waals surface area contributed by atoms with Crippen LogP contribution >= 0.6 is 0 Å². The third-order valence-electron chi connectivity index (χ3n) is 2.52. The van der Waals surface area contributed by atoms with Crippen LogP contribution in [-0.4, -0.2) is 4.92 Å². The second kappa shape index (κ2) is 5.06. The van der Waals surface area contributed by atoms with Gasteiger partial charge in [-0.05, 0) is 24.3 Å². The van der Waals surface area contributed by atoms with E-state index in [1.54, 1.807) is 24.3 Å². The van der Waals surface area contributed by atoms with E-state index in [2.05, 4.69) is 5.32 Å². The summed E-state index contributed by atoms with van der Waals surface area (Å²) in [5.74, 6) is 0. The van der Waals surface area contributed by atoms with Crippen molar-refractivity contribution in [3.63, 3.8) is 0 Å². The molecule has 0 spiro atoms. The van der Waals surface area contributed by atoms with Crippen molar-refractivity contribution in [2.24, 2.45) is 0 Å². The Labute approximate surface area is 109 Å². The van der Waals surface area contributed by atoms with Gasteiger partial charge in [-0.15, -0.1) is 0 Å². The molecular formula is C13H10N4O2. The van der Waals surface area contributed by atoms with Gasteiger partial charge in [-0.1, -0.05) is 6.07 Å². The van der Waals surface area contributed by atoms with Gasteiger partial charge in [-0.2, -0.15) is 5.26 Å². The molecule has 0 aliphatic rings. The number of nitrogens with two attached hydrogens (primary N) is 1. The van der Waals surface area contributed by atoms with Gasteiger partial charge >= 0.3 is 0 Å². The molecule has 0 saturated carbocycles. The highest BCUT2D eigenvalue weighted by Crippen LogP contribution is 2.27. The number of nitro groups is 1. The first-order chi connectivity index (χ1) is 9.10. The minimum absolute atomic E-state index is 0.0613. The van der Waals surface area contributed by atoms with Gasteiger partial charge in [0.15, 0.2) is 0 Å². The highest BCUT2D eigenvalue weighted by molar-refractivity contribution is 5.75. The van der Waals surface area contributed by atoms with Crippen molar-refractivity contribution in [1.82, 2.24) is 0 Å². The minimum Gasteiger partial charge on any atom is -0.397 e. The smallest absolute Gasteiger partial charge is 0.271 e. The van der Waals surface area contributed by atoms with Crippen LogP contribution in [0, 0.1) is 21.4 Å². The van der Waals surface area contributed by atoms with E-state index in [0.29, 0.717) is 16.9 Å². The molecule has 2 rings (SSSR count). The average Bonchev–Trinajstić information content (AvgIpc) is 2.41. The van der Waals surface area contributed by atoms with E-state index in [1.807, 2.05) is 6.07 Å². The molecule has 19 heavy (non-hydrogen) atoms. The van der Waals surface area contributed by atoms with Crippen LogP contribution in [0.5, 0.6) is 0 Å². The number of hydrogen-bond acceptors (Lipinski definition) is 5. The highest BCUT2D eigenvalue weighted by atomic mass is 16.6. The summed E-state index contributed by atoms with van der Waals surface area (Å²) in [6, 6.07) is 13.1. The van der Waals surface area contributed by atoms with Crippen LogP contribution in [0.15, 0.2) is 42.5 Å². The molecule has 94 valence electrons. The number of rotatable bonds is 3. The number of nitriles is 1. The standard InChI is InChI=1S/C13H10N4O2/c14-8-9-2-1-3-10(6-9)16-13-5-4-11(17(18)19)7-12(13)15/h1-7,16H,15H2. The molecule has 0 bridgehead atoms. The first-order valence-electron chi connectivity index (χ1n) is 5.41. The van der Waals surface area contributed by atoms with E-state index in [0.717, 1.165) is 0 Å². The zero-order valence-corrected chi connectivity index (χ0v) is 9.83. The van der Waals surface area contributed by atoms with E-state index < -0.39 is 4.92 Å². The summed E-state index contributed by atoms with van der Waals surface area (Å²) >= 11 is 0. The Morgan fingerprint density at radius 2 is 2.05 bits per heavy atom. The Hall–Kier alpha value is -3.07. The molecule has 0 heterocycles. The summed E-state index contributed by atoms with van der Waals surface area (Å²) in [5, 5.41) is 22.4. The lowest BCUT2D eigenvalue weighted by molar-refractivity contribution is -0.384. The SMILES string of the molecule is N#Cc1cccc(Nc2ccc([N+](=O)[O-])cc2N)c1. The molecule has 0 atom stereocenters. The Balaban J connectivity index is 2.28. The molecule has 0 aliphatic carbocycles. The van der Waals surface area contributed by atoms with Gasteiger partial charge in [0.1, 0.15) is 0 Å². The molecule has 6 nitrogen and oxygen atoms in total. The number of nitro benzene ring substituents is 1. The normalized spacial score (nSPS) is 9.63. The topological polar surface area (TPSA) is 105 Å². The van der Waals surface area contributed by atoms with E-state index in [-0.39, 0.29) is 11.4 Å². The Bertz CT molecular complexity index is 677. The lowest BCUT2D eigenvalue weighted by Gasteiger charge is -2.09. The summed E-state index contributed by atoms with van der Waals surface area (Å²) in [6.07, 6.45) is 0. The number of non-ortho nitro benzene ring substituents is 1. The molecule has 0 fully saturated rings. The van der Waals surface area contributed by atoms with Gasteiger partial charge in [0.05, 0.1) is 27.9 Å². The molecule has 3 N–H and O–H groups in total. The van der Waals surface area contributed by atoms with Crippen LogP contribution in [0.2, 0.25) is 0 Å². The van der Waals surface area contributed by atoms with Crippen molar-refractivity contribution < 1.29 is 4.92 Å². The molecule has 0 aromatic heterocycles. The molecule has 0 radical (unpaired) electrons. The van der Waals surface area contributed by atoms with Crippen LogP contribution in [0.4, 0.5) is 22.7 Å². The summed E-state index contributed by atoms with van der Waals surface area (Å²) in [4.78, 5) is 10.1. The zero-order valence-electron chi connectivity index (χ0n) is 9.83. The predicted octanol–water partition coefficient (Wildman–Crippen LogP) is 2.79. The van der Waals surface area contributed by atoms with Crippen molar-refractivity contribution >= 4 is 22.7 Å². The summed E-state index contributed by atoms with van der Waals surface area (Å²) in [7, 11) is 0. The fraction of sp³-hybridized carbons (Fsp3) is 0. The van der Waals surface area contributed by atoms with Gasteiger partial charge in [-0.3, -0.25) is 10.1 Å². The molecule has 0 saturated heterocycles. The second-order valence-electron chi connectivity index (χ2n) is 3.85. The fourth-order valence-corrected chi connectivity index (χ4v) is 1.60. The van der Waals surface area contributed by atoms with E-state index in [1.165, 1.54) is 18.2 Å². The zero-order chi connectivity index (χ0) is 13.8. The highest BCUT2D eigenvalue weighted by Gasteiger charge is 2.08. The van der Waals surface area contributed by atoms with Crippen LogP contribution < -0.4 is 11.1 Å². The lowest BCUT2D eigenvalue weighted by Crippen LogP contribution is -1.98. The quantitative estimate of drug-likeness (QED) is 0.497. The monoisotopic (exact) mass is 254 g/mol. The molecule has 0 aliphatic heterocycles. The Morgan fingerprint density at radius 1 is 1.26 bits per heavy atom. The Morgan fingerprint density at radius 3 is 2.68 bits per heavy atom. The molecule has 6 heteroatoms. The van der Waals surface area contributed by atoms with Crippen LogP contribution in [0.3, 0.4) is 0 Å². The van der Waals surface area contributed by atoms with Crippen molar-refractivity contribution in [3.8, 4) is 6.07 Å². The van der Waals surface area contributed by atoms with Gasteiger partial charge in [-0.25, -0.2) is 0 Å². The number of anilines is 3. The van der Waals surface area contributed by atoms with Crippen LogP contribution in [0.1, 0.15) is 5.56 Å². The first-order valence-corrected chi connectivity index (χ1v) is 5.41. The van der Waals surface area contributed by atoms with Crippen molar-refractivity contribution in [2.75, 3.05) is 11.1 Å². The average molecular weight is 254 g/mol. The van der Waals surface area contributed by atoms with Gasteiger partial charge in [0.25, 0.3) is 5.69 Å². The second-order valence-corrected chi connectivity index (χ2v) is 3.85.